The molecule has 2 fully saturated rings. The average molecular weight is 1210 g/mol. The van der Waals surface area contributed by atoms with Crippen molar-refractivity contribution in [2.75, 3.05) is 19.8 Å². The molecule has 28 heteroatoms. The Kier molecular flexibility index (Phi) is 21.8. The monoisotopic (exact) mass is 1200 g/mol. The highest BCUT2D eigenvalue weighted by Gasteiger charge is 2.58. The number of hydrogen-bond acceptors (Lipinski definition) is 17. The first kappa shape index (κ1) is 60.9. The fourth-order valence-electron chi connectivity index (χ4n) is 7.10. The summed E-state index contributed by atoms with van der Waals surface area (Å²) in [6, 6.07) is 11.2. The van der Waals surface area contributed by atoms with Gasteiger partial charge in [0.1, 0.15) is 48.3 Å². The molecular weight excluding hydrogens is 1150 g/mol. The van der Waals surface area contributed by atoms with Gasteiger partial charge in [0.2, 0.25) is 11.8 Å². The van der Waals surface area contributed by atoms with Gasteiger partial charge in [0.05, 0.1) is 38.1 Å². The van der Waals surface area contributed by atoms with Gasteiger partial charge in [0.25, 0.3) is 0 Å². The van der Waals surface area contributed by atoms with Crippen LogP contribution in [0, 0.1) is 5.92 Å². The van der Waals surface area contributed by atoms with Crippen LogP contribution in [0.3, 0.4) is 0 Å². The predicted octanol–water partition coefficient (Wildman–Crippen LogP) is 5.11. The van der Waals surface area contributed by atoms with Crippen molar-refractivity contribution in [2.24, 2.45) is 5.92 Å². The van der Waals surface area contributed by atoms with Crippen LogP contribution in [-0.2, 0) is 51.9 Å². The minimum absolute atomic E-state index is 0.176. The molecule has 4 heterocycles. The molecule has 4 aliphatic rings. The second-order valence-corrected chi connectivity index (χ2v) is 23.5. The van der Waals surface area contributed by atoms with Crippen LogP contribution in [0.4, 0.5) is 8.78 Å². The summed E-state index contributed by atoms with van der Waals surface area (Å²) < 4.78 is 84.1. The second-order valence-electron chi connectivity index (χ2n) is 17.2. The van der Waals surface area contributed by atoms with Crippen molar-refractivity contribution < 1.29 is 90.1 Å². The Morgan fingerprint density at radius 2 is 1.22 bits per heavy atom. The van der Waals surface area contributed by atoms with E-state index < -0.39 is 125 Å². The number of Topliss-reactive ketones (excluding diaryl/α,β-unsaturated/α-hetero) is 2. The van der Waals surface area contributed by atoms with E-state index in [9.17, 15) is 52.5 Å². The van der Waals surface area contributed by atoms with Gasteiger partial charge in [-0.3, -0.25) is 43.1 Å². The minimum atomic E-state index is -4.25. The number of amides is 2. The topological polar surface area (TPSA) is 294 Å². The van der Waals surface area contributed by atoms with Crippen LogP contribution in [0.2, 0.25) is 0 Å². The molecule has 0 radical (unpaired) electrons. The summed E-state index contributed by atoms with van der Waals surface area (Å²) >= 11 is 12.2. The number of benzene rings is 2. The largest absolute Gasteiger partial charge is 0.459 e. The zero-order valence-electron chi connectivity index (χ0n) is 39.4. The number of ether oxygens (including phenoxy) is 2. The number of ketones is 4. The summed E-state index contributed by atoms with van der Waals surface area (Å²) in [5.74, 6) is -2.67. The third-order valence-corrected chi connectivity index (χ3v) is 15.3. The number of allylic oxidation sites excluding steroid dienone is 2. The Labute approximate surface area is 434 Å². The summed E-state index contributed by atoms with van der Waals surface area (Å²) in [4.78, 5) is 71.5. The molecular formula is C44H55Br2ClF2N4O17P2. The highest BCUT2D eigenvalue weighted by molar-refractivity contribution is 9.10. The number of carbonyl (C=O) groups is 6. The number of nitrogens with zero attached hydrogens (tertiary/aromatic N) is 2. The predicted molar refractivity (Wildman–Crippen MR) is 260 cm³/mol. The van der Waals surface area contributed by atoms with Crippen LogP contribution in [-0.4, -0.2) is 145 Å². The number of halogens is 5. The van der Waals surface area contributed by atoms with Gasteiger partial charge in [0.15, 0.2) is 41.1 Å². The SMILES string of the molecule is CC(=O)[C@@H](NP(=O)(OC[C@H]1O[C@@H](N2C=CC(=O)CC2=O)[C@](C)(F)[C@@H]1O)Oc1ccc(Br)cc1)C(C)C.C[C@@]1(F)[C@H](O)[C@@H](CO)O[C@H]1N1C=CC(=O)CC1=O.C[C@H](NP(=O)(Cl)Oc1ccc(Br)cc1)C(=O)CO. The fourth-order valence-corrected chi connectivity index (χ4v) is 11.1. The summed E-state index contributed by atoms with van der Waals surface area (Å²) in [6.45, 7) is 2.95. The lowest BCUT2D eigenvalue weighted by atomic mass is 9.97. The lowest BCUT2D eigenvalue weighted by molar-refractivity contribution is -0.151. The third-order valence-electron chi connectivity index (χ3n) is 11.1. The Hall–Kier alpha value is -3.65. The van der Waals surface area contributed by atoms with Crippen molar-refractivity contribution in [3.63, 3.8) is 0 Å². The van der Waals surface area contributed by atoms with Gasteiger partial charge in [0, 0.05) is 32.6 Å². The molecule has 6 N–H and O–H groups in total. The van der Waals surface area contributed by atoms with Crippen molar-refractivity contribution in [1.29, 1.82) is 0 Å². The lowest BCUT2D eigenvalue weighted by Crippen LogP contribution is -2.51. The molecule has 2 saturated heterocycles. The molecule has 21 nitrogen and oxygen atoms in total. The molecule has 12 atom stereocenters. The van der Waals surface area contributed by atoms with Crippen LogP contribution < -0.4 is 19.2 Å². The number of hydrogen-bond donors (Lipinski definition) is 6. The van der Waals surface area contributed by atoms with Crippen molar-refractivity contribution in [1.82, 2.24) is 20.0 Å². The van der Waals surface area contributed by atoms with Crippen molar-refractivity contribution in [3.05, 3.63) is 82.0 Å². The third kappa shape index (κ3) is 16.2. The molecule has 0 saturated carbocycles. The highest BCUT2D eigenvalue weighted by Crippen LogP contribution is 2.49. The molecule has 2 aromatic rings. The molecule has 0 bridgehead atoms. The Morgan fingerprint density at radius 3 is 1.61 bits per heavy atom. The number of aliphatic hydroxyl groups excluding tert-OH is 4. The standard InChI is InChI=1S/C23H29BrFN2O8P.C11H14FNO5.C10H12BrClNO4P/c1-13(2)20(14(3)28)26-36(32,35-17-7-5-15(24)6-8-17)33-12-18-21(31)23(4,25)22(34-18)27-10-9-16(29)11-19(27)30;1-11(12)9(17)7(5-14)18-10(11)13-3-2-6(15)4-8(13)16;1-7(10(15)6-14)13-18(12,16)17-9-4-2-8(11)3-5-9/h5-10,13,18,20-22,31H,11-12H2,1-4H3,(H,26,32);2-3,7,9-10,14,17H,4-5H2,1H3;2-5,7,14H,6H2,1H3,(H,13,16)/t18-,20+,21-,22-,23-,36?;7-,9-,10-,11-;7-,18?/m110/s1. The maximum atomic E-state index is 15.5. The van der Waals surface area contributed by atoms with Crippen molar-refractivity contribution in [3.8, 4) is 11.5 Å². The highest BCUT2D eigenvalue weighted by atomic mass is 79.9. The van der Waals surface area contributed by atoms with Crippen LogP contribution in [0.1, 0.15) is 54.4 Å². The Balaban J connectivity index is 0.000000261. The first-order chi connectivity index (χ1) is 33.4. The molecule has 2 unspecified atom stereocenters. The van der Waals surface area contributed by atoms with E-state index in [0.29, 0.717) is 5.75 Å². The van der Waals surface area contributed by atoms with Gasteiger partial charge in [-0.15, -0.1) is 0 Å². The molecule has 0 aromatic heterocycles. The van der Waals surface area contributed by atoms with Gasteiger partial charge in [-0.25, -0.2) is 28.1 Å². The van der Waals surface area contributed by atoms with E-state index in [0.717, 1.165) is 57.1 Å². The van der Waals surface area contributed by atoms with E-state index in [-0.39, 0.29) is 29.7 Å². The van der Waals surface area contributed by atoms with E-state index in [1.54, 1.807) is 50.2 Å². The summed E-state index contributed by atoms with van der Waals surface area (Å²) in [5, 5.41) is 42.9. The number of nitrogens with one attached hydrogen (secondary N) is 2. The maximum Gasteiger partial charge on any atom is 0.459 e. The smallest absolute Gasteiger partial charge is 0.422 e. The normalized spacial score (nSPS) is 28.6. The molecule has 2 aromatic carbocycles. The van der Waals surface area contributed by atoms with E-state index in [4.69, 9.17) is 44.5 Å². The molecule has 398 valence electrons. The zero-order chi connectivity index (χ0) is 54.1. The summed E-state index contributed by atoms with van der Waals surface area (Å²) in [7, 11) is -4.25. The molecule has 72 heavy (non-hydrogen) atoms. The number of carbonyl (C=O) groups excluding carboxylic acids is 6. The molecule has 4 aliphatic heterocycles. The van der Waals surface area contributed by atoms with Crippen molar-refractivity contribution in [2.45, 2.75) is 115 Å². The van der Waals surface area contributed by atoms with Crippen LogP contribution in [0.15, 0.2) is 82.0 Å². The first-order valence-corrected chi connectivity index (χ1v) is 27.4. The maximum absolute atomic E-state index is 15.5. The lowest BCUT2D eigenvalue weighted by Gasteiger charge is -2.32. The van der Waals surface area contributed by atoms with Crippen molar-refractivity contribution >= 4 is 92.7 Å². The summed E-state index contributed by atoms with van der Waals surface area (Å²) in [5.41, 5.74) is -4.65. The molecule has 0 spiro atoms. The second kappa shape index (κ2) is 25.7. The zero-order valence-corrected chi connectivity index (χ0v) is 45.2. The molecule has 6 rings (SSSR count). The van der Waals surface area contributed by atoms with Crippen LogP contribution >= 0.6 is 57.7 Å². The van der Waals surface area contributed by atoms with E-state index in [1.165, 1.54) is 26.0 Å². The number of alkyl halides is 2. The van der Waals surface area contributed by atoms with Gasteiger partial charge < -0.3 is 38.9 Å². The average Bonchev–Trinajstić information content (AvgIpc) is 3.67. The fraction of sp³-hybridized carbons (Fsp3) is 0.500. The van der Waals surface area contributed by atoms with Gasteiger partial charge >= 0.3 is 14.6 Å². The molecule has 0 aliphatic carbocycles. The summed E-state index contributed by atoms with van der Waals surface area (Å²) in [6.07, 6.45) is -4.92. The quantitative estimate of drug-likeness (QED) is 0.0835. The van der Waals surface area contributed by atoms with Crippen LogP contribution in [0.5, 0.6) is 11.5 Å². The van der Waals surface area contributed by atoms with Crippen LogP contribution in [0.25, 0.3) is 0 Å². The van der Waals surface area contributed by atoms with E-state index in [1.807, 2.05) is 0 Å². The van der Waals surface area contributed by atoms with Gasteiger partial charge in [-0.1, -0.05) is 45.7 Å². The van der Waals surface area contributed by atoms with E-state index >= 15 is 4.39 Å². The Morgan fingerprint density at radius 1 is 0.792 bits per heavy atom. The Bertz CT molecular complexity index is 2460. The number of aliphatic hydroxyl groups is 4. The molecule has 2 amide bonds. The van der Waals surface area contributed by atoms with Gasteiger partial charge in [-0.2, -0.15) is 0 Å². The number of rotatable bonds is 18. The van der Waals surface area contributed by atoms with E-state index in [2.05, 4.69) is 42.0 Å². The minimum Gasteiger partial charge on any atom is -0.422 e. The van der Waals surface area contributed by atoms with Gasteiger partial charge in [-0.05, 0) is 94.3 Å². The first-order valence-electron chi connectivity index (χ1n) is 21.8.